The molecule has 0 bridgehead atoms. The van der Waals surface area contributed by atoms with Gasteiger partial charge >= 0.3 is 12.0 Å². The number of hydrogen-bond acceptors (Lipinski definition) is 4. The van der Waals surface area contributed by atoms with Crippen LogP contribution in [0.15, 0.2) is 48.5 Å². The Balaban J connectivity index is 2.10. The summed E-state index contributed by atoms with van der Waals surface area (Å²) in [7, 11) is 3.09. The van der Waals surface area contributed by atoms with Gasteiger partial charge in [0.1, 0.15) is 6.04 Å². The minimum Gasteiger partial charge on any atom is -0.493 e. The smallest absolute Gasteiger partial charge is 0.326 e. The summed E-state index contributed by atoms with van der Waals surface area (Å²) in [6.07, 6.45) is 0. The molecule has 7 heteroatoms. The maximum absolute atomic E-state index is 12.6. The summed E-state index contributed by atoms with van der Waals surface area (Å²) < 4.78 is 10.4. The van der Waals surface area contributed by atoms with Gasteiger partial charge in [-0.05, 0) is 30.2 Å². The molecule has 0 fully saturated rings. The highest BCUT2D eigenvalue weighted by Gasteiger charge is 2.25. The lowest BCUT2D eigenvalue weighted by Gasteiger charge is -2.27. The highest BCUT2D eigenvalue weighted by Crippen LogP contribution is 2.27. The standard InChI is InChI=1S/C20H24N2O5/c1-14(19(23)24)22(13-15-7-5-4-6-8-15)20(25)21-12-16-9-10-17(26-2)18(11-16)27-3/h4-11,14H,12-13H2,1-3H3,(H,21,25)(H,23,24). The zero-order chi connectivity index (χ0) is 19.8. The number of ether oxygens (including phenoxy) is 2. The third-order valence-electron chi connectivity index (χ3n) is 4.17. The molecule has 0 aliphatic rings. The molecule has 0 radical (unpaired) electrons. The number of carbonyl (C=O) groups is 2. The molecule has 0 heterocycles. The van der Waals surface area contributed by atoms with Gasteiger partial charge in [-0.25, -0.2) is 9.59 Å². The van der Waals surface area contributed by atoms with Crippen molar-refractivity contribution in [1.29, 1.82) is 0 Å². The molecule has 27 heavy (non-hydrogen) atoms. The van der Waals surface area contributed by atoms with E-state index in [0.717, 1.165) is 11.1 Å². The molecule has 144 valence electrons. The van der Waals surface area contributed by atoms with Gasteiger partial charge in [-0.2, -0.15) is 0 Å². The van der Waals surface area contributed by atoms with Crippen LogP contribution in [-0.2, 0) is 17.9 Å². The van der Waals surface area contributed by atoms with Gasteiger partial charge in [0.15, 0.2) is 11.5 Å². The number of methoxy groups -OCH3 is 2. The van der Waals surface area contributed by atoms with Crippen molar-refractivity contribution in [3.8, 4) is 11.5 Å². The Morgan fingerprint density at radius 2 is 1.70 bits per heavy atom. The largest absolute Gasteiger partial charge is 0.493 e. The van der Waals surface area contributed by atoms with Crippen molar-refractivity contribution >= 4 is 12.0 Å². The van der Waals surface area contributed by atoms with E-state index in [-0.39, 0.29) is 13.1 Å². The number of amides is 2. The summed E-state index contributed by atoms with van der Waals surface area (Å²) >= 11 is 0. The van der Waals surface area contributed by atoms with Gasteiger partial charge in [0.25, 0.3) is 0 Å². The maximum atomic E-state index is 12.6. The van der Waals surface area contributed by atoms with Crippen LogP contribution in [0, 0.1) is 0 Å². The van der Waals surface area contributed by atoms with Gasteiger partial charge in [-0.3, -0.25) is 0 Å². The van der Waals surface area contributed by atoms with Gasteiger partial charge in [0.2, 0.25) is 0 Å². The Kier molecular flexibility index (Phi) is 7.05. The summed E-state index contributed by atoms with van der Waals surface area (Å²) in [6, 6.07) is 13.2. The van der Waals surface area contributed by atoms with E-state index in [1.807, 2.05) is 36.4 Å². The number of nitrogens with zero attached hydrogens (tertiary/aromatic N) is 1. The third kappa shape index (κ3) is 5.37. The van der Waals surface area contributed by atoms with E-state index >= 15 is 0 Å². The van der Waals surface area contributed by atoms with Crippen molar-refractivity contribution in [2.75, 3.05) is 14.2 Å². The molecule has 7 nitrogen and oxygen atoms in total. The highest BCUT2D eigenvalue weighted by atomic mass is 16.5. The number of carbonyl (C=O) groups excluding carboxylic acids is 1. The fourth-order valence-electron chi connectivity index (χ4n) is 2.57. The first-order valence-electron chi connectivity index (χ1n) is 8.48. The first-order chi connectivity index (χ1) is 13.0. The second-order valence-corrected chi connectivity index (χ2v) is 5.98. The average Bonchev–Trinajstić information content (AvgIpc) is 2.70. The van der Waals surface area contributed by atoms with Gasteiger partial charge in [0, 0.05) is 13.1 Å². The fraction of sp³-hybridized carbons (Fsp3) is 0.300. The Bertz CT molecular complexity index is 779. The molecule has 0 saturated carbocycles. The molecule has 2 rings (SSSR count). The van der Waals surface area contributed by atoms with E-state index in [1.165, 1.54) is 18.9 Å². The number of benzene rings is 2. The lowest BCUT2D eigenvalue weighted by molar-refractivity contribution is -0.141. The zero-order valence-electron chi connectivity index (χ0n) is 15.6. The second-order valence-electron chi connectivity index (χ2n) is 5.98. The number of carboxylic acid groups (broad SMARTS) is 1. The summed E-state index contributed by atoms with van der Waals surface area (Å²) in [5, 5.41) is 12.1. The second kappa shape index (κ2) is 9.47. The first kappa shape index (κ1) is 20.1. The van der Waals surface area contributed by atoms with Crippen LogP contribution in [0.2, 0.25) is 0 Å². The van der Waals surface area contributed by atoms with E-state index in [1.54, 1.807) is 19.2 Å². The molecule has 0 aliphatic carbocycles. The van der Waals surface area contributed by atoms with E-state index < -0.39 is 18.0 Å². The van der Waals surface area contributed by atoms with Crippen molar-refractivity contribution in [3.63, 3.8) is 0 Å². The Labute approximate surface area is 158 Å². The number of urea groups is 1. The summed E-state index contributed by atoms with van der Waals surface area (Å²) in [6.45, 7) is 1.92. The Morgan fingerprint density at radius 1 is 1.04 bits per heavy atom. The third-order valence-corrected chi connectivity index (χ3v) is 4.17. The van der Waals surface area contributed by atoms with Crippen molar-refractivity contribution in [3.05, 3.63) is 59.7 Å². The van der Waals surface area contributed by atoms with Crippen LogP contribution < -0.4 is 14.8 Å². The lowest BCUT2D eigenvalue weighted by atomic mass is 10.2. The van der Waals surface area contributed by atoms with Gasteiger partial charge in [-0.1, -0.05) is 36.4 Å². The molecule has 1 atom stereocenters. The Hall–Kier alpha value is -3.22. The van der Waals surface area contributed by atoms with Crippen LogP contribution in [0.5, 0.6) is 11.5 Å². The van der Waals surface area contributed by atoms with Crippen molar-refractivity contribution in [2.24, 2.45) is 0 Å². The fourth-order valence-corrected chi connectivity index (χ4v) is 2.57. The number of hydrogen-bond donors (Lipinski definition) is 2. The maximum Gasteiger partial charge on any atom is 0.326 e. The zero-order valence-corrected chi connectivity index (χ0v) is 15.6. The molecule has 0 aromatic heterocycles. The van der Waals surface area contributed by atoms with E-state index in [9.17, 15) is 14.7 Å². The summed E-state index contributed by atoms with van der Waals surface area (Å²) in [4.78, 5) is 25.3. The van der Waals surface area contributed by atoms with Crippen molar-refractivity contribution in [1.82, 2.24) is 10.2 Å². The van der Waals surface area contributed by atoms with Crippen LogP contribution in [0.25, 0.3) is 0 Å². The molecule has 2 aromatic rings. The molecule has 1 unspecified atom stereocenters. The average molecular weight is 372 g/mol. The summed E-state index contributed by atoms with van der Waals surface area (Å²) in [5.74, 6) is 0.0919. The van der Waals surface area contributed by atoms with Crippen LogP contribution >= 0.6 is 0 Å². The van der Waals surface area contributed by atoms with Crippen LogP contribution in [0.3, 0.4) is 0 Å². The molecule has 2 aromatic carbocycles. The monoisotopic (exact) mass is 372 g/mol. The SMILES string of the molecule is COc1ccc(CNC(=O)N(Cc2ccccc2)C(C)C(=O)O)cc1OC. The van der Waals surface area contributed by atoms with Crippen LogP contribution in [0.1, 0.15) is 18.1 Å². The first-order valence-corrected chi connectivity index (χ1v) is 8.48. The highest BCUT2D eigenvalue weighted by molar-refractivity contribution is 5.82. The number of rotatable bonds is 8. The van der Waals surface area contributed by atoms with E-state index in [4.69, 9.17) is 9.47 Å². The number of nitrogens with one attached hydrogen (secondary N) is 1. The topological polar surface area (TPSA) is 88.1 Å². The molecular formula is C20H24N2O5. The van der Waals surface area contributed by atoms with E-state index in [0.29, 0.717) is 11.5 Å². The lowest BCUT2D eigenvalue weighted by Crippen LogP contribution is -2.47. The van der Waals surface area contributed by atoms with Gasteiger partial charge < -0.3 is 24.8 Å². The predicted octanol–water partition coefficient (Wildman–Crippen LogP) is 2.89. The molecule has 2 amide bonds. The molecule has 0 aliphatic heterocycles. The molecule has 0 saturated heterocycles. The van der Waals surface area contributed by atoms with Gasteiger partial charge in [-0.15, -0.1) is 0 Å². The number of aliphatic carboxylic acids is 1. The number of carboxylic acids is 1. The normalized spacial score (nSPS) is 11.4. The van der Waals surface area contributed by atoms with Crippen molar-refractivity contribution < 1.29 is 24.2 Å². The van der Waals surface area contributed by atoms with Gasteiger partial charge in [0.05, 0.1) is 14.2 Å². The van der Waals surface area contributed by atoms with Crippen LogP contribution in [0.4, 0.5) is 4.79 Å². The summed E-state index contributed by atoms with van der Waals surface area (Å²) in [5.41, 5.74) is 1.66. The Morgan fingerprint density at radius 3 is 2.30 bits per heavy atom. The van der Waals surface area contributed by atoms with Crippen molar-refractivity contribution in [2.45, 2.75) is 26.1 Å². The molecular weight excluding hydrogens is 348 g/mol. The minimum atomic E-state index is -1.06. The molecule has 2 N–H and O–H groups in total. The quantitative estimate of drug-likeness (QED) is 0.744. The predicted molar refractivity (Wildman–Crippen MR) is 101 cm³/mol. The molecule has 0 spiro atoms. The minimum absolute atomic E-state index is 0.200. The van der Waals surface area contributed by atoms with Crippen LogP contribution in [-0.4, -0.2) is 42.3 Å². The van der Waals surface area contributed by atoms with E-state index in [2.05, 4.69) is 5.32 Å².